The van der Waals surface area contributed by atoms with Crippen LogP contribution in [0, 0.1) is 11.7 Å². The van der Waals surface area contributed by atoms with E-state index in [1.54, 1.807) is 36.3 Å². The van der Waals surface area contributed by atoms with Crippen LogP contribution >= 0.6 is 0 Å². The van der Waals surface area contributed by atoms with Gasteiger partial charge in [0.1, 0.15) is 11.6 Å². The van der Waals surface area contributed by atoms with Gasteiger partial charge in [0.05, 0.1) is 23.7 Å². The van der Waals surface area contributed by atoms with E-state index in [0.29, 0.717) is 37.1 Å². The largest absolute Gasteiger partial charge is 0.495 e. The molecular formula is C24H32FN3O4S. The van der Waals surface area contributed by atoms with Crippen molar-refractivity contribution in [2.24, 2.45) is 5.92 Å². The highest BCUT2D eigenvalue weighted by Crippen LogP contribution is 2.31. The molecule has 0 saturated heterocycles. The lowest BCUT2D eigenvalue weighted by molar-refractivity contribution is -0.126. The number of rotatable bonds is 8. The molecular weight excluding hydrogens is 445 g/mol. The van der Waals surface area contributed by atoms with Crippen molar-refractivity contribution in [3.63, 3.8) is 0 Å². The number of amides is 1. The molecule has 7 nitrogen and oxygen atoms in total. The normalized spacial score (nSPS) is 19.5. The molecule has 9 heteroatoms. The lowest BCUT2D eigenvalue weighted by Gasteiger charge is -2.29. The smallest absolute Gasteiger partial charge is 0.240 e. The number of benzene rings is 2. The highest BCUT2D eigenvalue weighted by molar-refractivity contribution is 7.89. The fourth-order valence-electron chi connectivity index (χ4n) is 4.11. The fourth-order valence-corrected chi connectivity index (χ4v) is 5.44. The third kappa shape index (κ3) is 6.23. The molecule has 2 aromatic rings. The first-order valence-electron chi connectivity index (χ1n) is 11.0. The molecule has 2 N–H and O–H groups in total. The second kappa shape index (κ2) is 10.5. The van der Waals surface area contributed by atoms with Gasteiger partial charge in [0.2, 0.25) is 15.9 Å². The maximum Gasteiger partial charge on any atom is 0.240 e. The van der Waals surface area contributed by atoms with Crippen molar-refractivity contribution in [2.45, 2.75) is 49.6 Å². The fraction of sp³-hybridized carbons (Fsp3) is 0.458. The Balaban J connectivity index is 1.56. The van der Waals surface area contributed by atoms with E-state index in [2.05, 4.69) is 10.0 Å². The van der Waals surface area contributed by atoms with Gasteiger partial charge >= 0.3 is 0 Å². The van der Waals surface area contributed by atoms with Crippen LogP contribution < -0.4 is 19.7 Å². The van der Waals surface area contributed by atoms with Crippen LogP contribution in [-0.2, 0) is 14.8 Å². The zero-order valence-corrected chi connectivity index (χ0v) is 20.3. The van der Waals surface area contributed by atoms with E-state index < -0.39 is 10.0 Å². The van der Waals surface area contributed by atoms with Crippen LogP contribution in [0.2, 0.25) is 0 Å². The number of carbonyl (C=O) groups excluding carboxylic acids is 1. The maximum atomic E-state index is 13.1. The molecule has 1 atom stereocenters. The van der Waals surface area contributed by atoms with Gasteiger partial charge < -0.3 is 15.0 Å². The summed E-state index contributed by atoms with van der Waals surface area (Å²) in [6.07, 6.45) is 2.36. The van der Waals surface area contributed by atoms with Crippen molar-refractivity contribution in [2.75, 3.05) is 26.1 Å². The van der Waals surface area contributed by atoms with Crippen LogP contribution in [0.25, 0.3) is 0 Å². The second-order valence-corrected chi connectivity index (χ2v) is 10.4. The van der Waals surface area contributed by atoms with Crippen molar-refractivity contribution in [1.82, 2.24) is 10.0 Å². The molecule has 0 heterocycles. The minimum atomic E-state index is -3.70. The summed E-state index contributed by atoms with van der Waals surface area (Å²) in [5.41, 5.74) is 1.51. The number of nitrogens with one attached hydrogen (secondary N) is 2. The van der Waals surface area contributed by atoms with E-state index in [4.69, 9.17) is 4.74 Å². The Morgan fingerprint density at radius 3 is 2.30 bits per heavy atom. The summed E-state index contributed by atoms with van der Waals surface area (Å²) < 4.78 is 47.1. The summed E-state index contributed by atoms with van der Waals surface area (Å²) in [4.78, 5) is 14.7. The van der Waals surface area contributed by atoms with Gasteiger partial charge in [-0.1, -0.05) is 12.1 Å². The Morgan fingerprint density at radius 1 is 1.09 bits per heavy atom. The molecule has 3 rings (SSSR count). The van der Waals surface area contributed by atoms with Gasteiger partial charge in [0.25, 0.3) is 0 Å². The van der Waals surface area contributed by atoms with Crippen molar-refractivity contribution in [1.29, 1.82) is 0 Å². The standard InChI is InChI=1S/C24H32FN3O4S/c1-16(17-5-9-19(25)10-6-17)26-24(29)18-7-11-20(12-8-18)27-33(30,31)21-13-14-23(32-4)22(15-21)28(2)3/h5-6,9-10,13-16,18,20,27H,7-8,11-12H2,1-4H3,(H,26,29). The Hall–Kier alpha value is -2.65. The minimum absolute atomic E-state index is 0.0566. The minimum Gasteiger partial charge on any atom is -0.495 e. The molecule has 1 aliphatic rings. The summed E-state index contributed by atoms with van der Waals surface area (Å²) in [5.74, 6) is 0.0554. The SMILES string of the molecule is COc1ccc(S(=O)(=O)NC2CCC(C(=O)NC(C)c3ccc(F)cc3)CC2)cc1N(C)C. The van der Waals surface area contributed by atoms with Gasteiger partial charge in [0, 0.05) is 26.1 Å². The summed E-state index contributed by atoms with van der Waals surface area (Å²) in [6.45, 7) is 1.86. The molecule has 1 aliphatic carbocycles. The highest BCUT2D eigenvalue weighted by Gasteiger charge is 2.30. The lowest BCUT2D eigenvalue weighted by atomic mass is 9.85. The molecule has 180 valence electrons. The molecule has 0 bridgehead atoms. The molecule has 0 radical (unpaired) electrons. The van der Waals surface area contributed by atoms with Crippen molar-refractivity contribution in [3.05, 3.63) is 53.8 Å². The second-order valence-electron chi connectivity index (χ2n) is 8.68. The van der Waals surface area contributed by atoms with Crippen LogP contribution in [0.4, 0.5) is 10.1 Å². The monoisotopic (exact) mass is 477 g/mol. The Kier molecular flexibility index (Phi) is 7.97. The summed E-state index contributed by atoms with van der Waals surface area (Å²) in [5, 5.41) is 2.99. The van der Waals surface area contributed by atoms with Crippen molar-refractivity contribution >= 4 is 21.6 Å². The highest BCUT2D eigenvalue weighted by atomic mass is 32.2. The lowest BCUT2D eigenvalue weighted by Crippen LogP contribution is -2.41. The third-order valence-corrected chi connectivity index (χ3v) is 7.61. The zero-order valence-electron chi connectivity index (χ0n) is 19.5. The molecule has 0 aromatic heterocycles. The first-order valence-corrected chi connectivity index (χ1v) is 12.5. The Morgan fingerprint density at radius 2 is 1.73 bits per heavy atom. The molecule has 0 aliphatic heterocycles. The van der Waals surface area contributed by atoms with Crippen molar-refractivity contribution < 1.29 is 22.3 Å². The number of hydrogen-bond acceptors (Lipinski definition) is 5. The van der Waals surface area contributed by atoms with E-state index in [1.165, 1.54) is 18.2 Å². The van der Waals surface area contributed by atoms with Gasteiger partial charge in [-0.25, -0.2) is 17.5 Å². The number of halogens is 1. The van der Waals surface area contributed by atoms with E-state index in [1.807, 2.05) is 21.0 Å². The number of ether oxygens (including phenoxy) is 1. The molecule has 33 heavy (non-hydrogen) atoms. The first kappa shape index (κ1) is 25.0. The number of anilines is 1. The predicted molar refractivity (Wildman–Crippen MR) is 126 cm³/mol. The van der Waals surface area contributed by atoms with Gasteiger partial charge in [-0.15, -0.1) is 0 Å². The van der Waals surface area contributed by atoms with Gasteiger partial charge in [0.15, 0.2) is 0 Å². The van der Waals surface area contributed by atoms with Gasteiger partial charge in [-0.2, -0.15) is 0 Å². The van der Waals surface area contributed by atoms with Crippen LogP contribution in [0.1, 0.15) is 44.2 Å². The first-order chi connectivity index (χ1) is 15.6. The zero-order chi connectivity index (χ0) is 24.2. The van der Waals surface area contributed by atoms with Crippen LogP contribution in [0.3, 0.4) is 0 Å². The molecule has 1 fully saturated rings. The average molecular weight is 478 g/mol. The summed E-state index contributed by atoms with van der Waals surface area (Å²) >= 11 is 0. The van der Waals surface area contributed by atoms with Crippen LogP contribution in [0.15, 0.2) is 47.4 Å². The number of sulfonamides is 1. The quantitative estimate of drug-likeness (QED) is 0.607. The number of nitrogens with zero attached hydrogens (tertiary/aromatic N) is 1. The topological polar surface area (TPSA) is 87.7 Å². The molecule has 2 aromatic carbocycles. The van der Waals surface area contributed by atoms with Crippen LogP contribution in [-0.4, -0.2) is 41.6 Å². The summed E-state index contributed by atoms with van der Waals surface area (Å²) in [6, 6.07) is 10.4. The van der Waals surface area contributed by atoms with Crippen molar-refractivity contribution in [3.8, 4) is 5.75 Å². The van der Waals surface area contributed by atoms with Crippen LogP contribution in [0.5, 0.6) is 5.75 Å². The van der Waals surface area contributed by atoms with E-state index in [0.717, 1.165) is 5.56 Å². The van der Waals surface area contributed by atoms with Gasteiger partial charge in [-0.3, -0.25) is 4.79 Å². The number of methoxy groups -OCH3 is 1. The number of hydrogen-bond donors (Lipinski definition) is 2. The Bertz CT molecular complexity index is 1070. The molecule has 1 unspecified atom stereocenters. The maximum absolute atomic E-state index is 13.1. The van der Waals surface area contributed by atoms with Gasteiger partial charge in [-0.05, 0) is 68.5 Å². The van der Waals surface area contributed by atoms with E-state index in [9.17, 15) is 17.6 Å². The van der Waals surface area contributed by atoms with E-state index in [-0.39, 0.29) is 34.6 Å². The average Bonchev–Trinajstić information content (AvgIpc) is 2.79. The molecule has 0 spiro atoms. The predicted octanol–water partition coefficient (Wildman–Crippen LogP) is 3.61. The Labute approximate surface area is 195 Å². The number of carbonyl (C=O) groups is 1. The summed E-state index contributed by atoms with van der Waals surface area (Å²) in [7, 11) is 1.49. The molecule has 1 saturated carbocycles. The van der Waals surface area contributed by atoms with E-state index >= 15 is 0 Å². The third-order valence-electron chi connectivity index (χ3n) is 6.09. The molecule has 1 amide bonds.